The summed E-state index contributed by atoms with van der Waals surface area (Å²) in [7, 11) is 0. The lowest BCUT2D eigenvalue weighted by Gasteiger charge is -2.08. The first-order valence-corrected chi connectivity index (χ1v) is 5.90. The van der Waals surface area contributed by atoms with Crippen LogP contribution >= 0.6 is 11.6 Å². The number of anilines is 1. The first kappa shape index (κ1) is 13.9. The zero-order valence-corrected chi connectivity index (χ0v) is 10.3. The summed E-state index contributed by atoms with van der Waals surface area (Å²) in [6.07, 6.45) is 1.51. The zero-order chi connectivity index (χ0) is 12.8. The number of hydrogen-bond acceptors (Lipinski definition) is 1. The topological polar surface area (TPSA) is 29.1 Å². The van der Waals surface area contributed by atoms with Crippen LogP contribution in [0.4, 0.5) is 14.5 Å². The zero-order valence-electron chi connectivity index (χ0n) is 9.53. The summed E-state index contributed by atoms with van der Waals surface area (Å²) in [6, 6.07) is 2.46. The number of rotatable bonds is 5. The average Bonchev–Trinajstić information content (AvgIpc) is 2.30. The van der Waals surface area contributed by atoms with Gasteiger partial charge in [0.15, 0.2) is 5.82 Å². The van der Waals surface area contributed by atoms with Crippen molar-refractivity contribution in [3.63, 3.8) is 0 Å². The summed E-state index contributed by atoms with van der Waals surface area (Å²) < 4.78 is 26.8. The fourth-order valence-electron chi connectivity index (χ4n) is 1.35. The van der Waals surface area contributed by atoms with Gasteiger partial charge >= 0.3 is 0 Å². The smallest absolute Gasteiger partial charge is 0.224 e. The fourth-order valence-corrected chi connectivity index (χ4v) is 1.54. The van der Waals surface area contributed by atoms with E-state index in [1.54, 1.807) is 0 Å². The molecule has 0 aliphatic heterocycles. The van der Waals surface area contributed by atoms with Crippen LogP contribution in [0.1, 0.15) is 24.8 Å². The minimum absolute atomic E-state index is 0.208. The fraction of sp³-hybridized carbons (Fsp3) is 0.417. The number of nitrogens with one attached hydrogen (secondary N) is 1. The third-order valence-electron chi connectivity index (χ3n) is 2.34. The average molecular weight is 262 g/mol. The first-order valence-electron chi connectivity index (χ1n) is 5.36. The Hall–Kier alpha value is -1.16. The Bertz CT molecular complexity index is 410. The van der Waals surface area contributed by atoms with Gasteiger partial charge in [0.1, 0.15) is 11.5 Å². The second-order valence-electron chi connectivity index (χ2n) is 3.75. The third kappa shape index (κ3) is 3.97. The van der Waals surface area contributed by atoms with Crippen molar-refractivity contribution < 1.29 is 13.6 Å². The van der Waals surface area contributed by atoms with Crippen molar-refractivity contribution in [2.45, 2.75) is 26.2 Å². The van der Waals surface area contributed by atoms with Crippen LogP contribution in [0.5, 0.6) is 0 Å². The number of carbonyl (C=O) groups is 1. The minimum Gasteiger partial charge on any atom is -0.321 e. The van der Waals surface area contributed by atoms with Gasteiger partial charge in [-0.1, -0.05) is 6.07 Å². The number of unbranched alkanes of at least 4 members (excludes halogenated alkanes) is 1. The standard InChI is InChI=1S/C12H14ClF2NO/c1-8-5-6-9(14)12(11(8)15)16-10(17)4-2-3-7-13/h5-6H,2-4,7H2,1H3,(H,16,17). The second kappa shape index (κ2) is 6.55. The molecule has 1 aromatic carbocycles. The number of alkyl halides is 1. The SMILES string of the molecule is Cc1ccc(F)c(NC(=O)CCCCCl)c1F. The highest BCUT2D eigenvalue weighted by atomic mass is 35.5. The summed E-state index contributed by atoms with van der Waals surface area (Å²) in [5.74, 6) is -1.42. The Morgan fingerprint density at radius 3 is 2.71 bits per heavy atom. The molecule has 0 aliphatic carbocycles. The Morgan fingerprint density at radius 1 is 1.35 bits per heavy atom. The van der Waals surface area contributed by atoms with Gasteiger partial charge in [-0.05, 0) is 31.4 Å². The summed E-state index contributed by atoms with van der Waals surface area (Å²) in [6.45, 7) is 1.51. The number of carbonyl (C=O) groups excluding carboxylic acids is 1. The number of hydrogen-bond donors (Lipinski definition) is 1. The van der Waals surface area contributed by atoms with Gasteiger partial charge in [-0.25, -0.2) is 8.78 Å². The van der Waals surface area contributed by atoms with Crippen LogP contribution in [0, 0.1) is 18.6 Å². The van der Waals surface area contributed by atoms with E-state index in [1.807, 2.05) is 0 Å². The van der Waals surface area contributed by atoms with Crippen LogP contribution in [0.2, 0.25) is 0 Å². The van der Waals surface area contributed by atoms with Crippen molar-refractivity contribution in [1.82, 2.24) is 0 Å². The highest BCUT2D eigenvalue weighted by Crippen LogP contribution is 2.21. The van der Waals surface area contributed by atoms with Crippen molar-refractivity contribution in [2.24, 2.45) is 0 Å². The molecule has 1 amide bonds. The van der Waals surface area contributed by atoms with Gasteiger partial charge in [-0.2, -0.15) is 0 Å². The minimum atomic E-state index is -0.765. The lowest BCUT2D eigenvalue weighted by Crippen LogP contribution is -2.14. The Kier molecular flexibility index (Phi) is 5.35. The van der Waals surface area contributed by atoms with Gasteiger partial charge in [-0.3, -0.25) is 4.79 Å². The van der Waals surface area contributed by atoms with Crippen LogP contribution in [0.3, 0.4) is 0 Å². The molecule has 1 rings (SSSR count). The third-order valence-corrected chi connectivity index (χ3v) is 2.60. The van der Waals surface area contributed by atoms with Crippen LogP contribution in [0.25, 0.3) is 0 Å². The molecule has 0 saturated heterocycles. The number of amides is 1. The number of benzene rings is 1. The number of halogens is 3. The molecule has 0 fully saturated rings. The Labute approximate surface area is 104 Å². The van der Waals surface area contributed by atoms with Crippen molar-refractivity contribution >= 4 is 23.2 Å². The Morgan fingerprint density at radius 2 is 2.06 bits per heavy atom. The van der Waals surface area contributed by atoms with Gasteiger partial charge in [0, 0.05) is 12.3 Å². The largest absolute Gasteiger partial charge is 0.321 e. The molecule has 0 atom stereocenters. The molecule has 17 heavy (non-hydrogen) atoms. The van der Waals surface area contributed by atoms with Gasteiger partial charge in [0.2, 0.25) is 5.91 Å². The van der Waals surface area contributed by atoms with Crippen molar-refractivity contribution in [3.8, 4) is 0 Å². The van der Waals surface area contributed by atoms with Crippen LogP contribution in [-0.2, 0) is 4.79 Å². The van der Waals surface area contributed by atoms with Gasteiger partial charge in [0.25, 0.3) is 0 Å². The van der Waals surface area contributed by atoms with Crippen LogP contribution in [0.15, 0.2) is 12.1 Å². The molecule has 5 heteroatoms. The molecule has 0 bridgehead atoms. The summed E-state index contributed by atoms with van der Waals surface area (Å²) >= 11 is 5.46. The predicted molar refractivity (Wildman–Crippen MR) is 64.3 cm³/mol. The quantitative estimate of drug-likeness (QED) is 0.637. The monoisotopic (exact) mass is 261 g/mol. The van der Waals surface area contributed by atoms with E-state index in [4.69, 9.17) is 11.6 Å². The van der Waals surface area contributed by atoms with E-state index in [0.29, 0.717) is 24.3 Å². The summed E-state index contributed by atoms with van der Waals surface area (Å²) in [5.41, 5.74) is -0.0802. The van der Waals surface area contributed by atoms with E-state index in [2.05, 4.69) is 5.32 Å². The maximum absolute atomic E-state index is 13.5. The molecule has 0 radical (unpaired) electrons. The maximum Gasteiger partial charge on any atom is 0.224 e. The predicted octanol–water partition coefficient (Wildman–Crippen LogP) is 3.62. The molecule has 1 N–H and O–H groups in total. The van der Waals surface area contributed by atoms with E-state index in [9.17, 15) is 13.6 Å². The number of aryl methyl sites for hydroxylation is 1. The normalized spacial score (nSPS) is 10.4. The molecule has 2 nitrogen and oxygen atoms in total. The molecular weight excluding hydrogens is 248 g/mol. The molecule has 0 heterocycles. The van der Waals surface area contributed by atoms with E-state index >= 15 is 0 Å². The van der Waals surface area contributed by atoms with E-state index < -0.39 is 17.5 Å². The Balaban J connectivity index is 2.68. The lowest BCUT2D eigenvalue weighted by atomic mass is 10.2. The molecule has 0 saturated carbocycles. The van der Waals surface area contributed by atoms with Crippen molar-refractivity contribution in [2.75, 3.05) is 11.2 Å². The van der Waals surface area contributed by atoms with E-state index in [-0.39, 0.29) is 12.1 Å². The first-order chi connectivity index (χ1) is 8.06. The molecule has 94 valence electrons. The van der Waals surface area contributed by atoms with Crippen molar-refractivity contribution in [3.05, 3.63) is 29.3 Å². The van der Waals surface area contributed by atoms with Crippen LogP contribution in [-0.4, -0.2) is 11.8 Å². The summed E-state index contributed by atoms with van der Waals surface area (Å²) in [4.78, 5) is 11.4. The summed E-state index contributed by atoms with van der Waals surface area (Å²) in [5, 5.41) is 2.25. The molecular formula is C12H14ClF2NO. The lowest BCUT2D eigenvalue weighted by molar-refractivity contribution is -0.116. The molecule has 0 unspecified atom stereocenters. The van der Waals surface area contributed by atoms with Gasteiger partial charge < -0.3 is 5.32 Å². The molecule has 0 aromatic heterocycles. The highest BCUT2D eigenvalue weighted by molar-refractivity contribution is 6.17. The van der Waals surface area contributed by atoms with Crippen LogP contribution < -0.4 is 5.32 Å². The van der Waals surface area contributed by atoms with E-state index in [1.165, 1.54) is 13.0 Å². The maximum atomic E-state index is 13.5. The van der Waals surface area contributed by atoms with Crippen molar-refractivity contribution in [1.29, 1.82) is 0 Å². The molecule has 0 aliphatic rings. The highest BCUT2D eigenvalue weighted by Gasteiger charge is 2.13. The van der Waals surface area contributed by atoms with E-state index in [0.717, 1.165) is 6.07 Å². The second-order valence-corrected chi connectivity index (χ2v) is 4.13. The van der Waals surface area contributed by atoms with Gasteiger partial charge in [-0.15, -0.1) is 11.6 Å². The van der Waals surface area contributed by atoms with Gasteiger partial charge in [0.05, 0.1) is 0 Å². The molecule has 0 spiro atoms. The molecule has 1 aromatic rings.